The molecule has 0 spiro atoms. The highest BCUT2D eigenvalue weighted by Gasteiger charge is 2.42. The van der Waals surface area contributed by atoms with E-state index < -0.39 is 0 Å². The number of carbonyl (C=O) groups is 1. The molecule has 3 atom stereocenters. The van der Waals surface area contributed by atoms with Crippen LogP contribution in [-0.4, -0.2) is 22.9 Å². The third-order valence-electron chi connectivity index (χ3n) is 4.73. The lowest BCUT2D eigenvalue weighted by molar-refractivity contribution is -0.132. The van der Waals surface area contributed by atoms with E-state index in [1.807, 2.05) is 6.07 Å². The van der Waals surface area contributed by atoms with Gasteiger partial charge in [-0.3, -0.25) is 10.1 Å². The number of rotatable bonds is 6. The first-order valence-electron chi connectivity index (χ1n) is 8.34. The molecule has 3 rings (SSSR count). The van der Waals surface area contributed by atoms with Crippen molar-refractivity contribution in [3.8, 4) is 0 Å². The summed E-state index contributed by atoms with van der Waals surface area (Å²) in [5.41, 5.74) is 1.20. The number of hydrogen-bond acceptors (Lipinski definition) is 2. The molecule has 2 aliphatic rings. The number of carbonyl (C=O) groups excluding carboxylic acids is 1. The van der Waals surface area contributed by atoms with Gasteiger partial charge in [0.1, 0.15) is 6.17 Å². The first-order valence-corrected chi connectivity index (χ1v) is 8.34. The van der Waals surface area contributed by atoms with Crippen molar-refractivity contribution in [1.29, 1.82) is 0 Å². The van der Waals surface area contributed by atoms with Gasteiger partial charge in [-0.1, -0.05) is 56.5 Å². The molecule has 1 N–H and O–H groups in total. The Kier molecular flexibility index (Phi) is 4.29. The van der Waals surface area contributed by atoms with Crippen LogP contribution in [0, 0.1) is 5.92 Å². The van der Waals surface area contributed by atoms with E-state index in [1.165, 1.54) is 18.4 Å². The van der Waals surface area contributed by atoms with Crippen molar-refractivity contribution in [3.05, 3.63) is 35.9 Å². The molecule has 3 nitrogen and oxygen atoms in total. The van der Waals surface area contributed by atoms with Crippen LogP contribution in [0.2, 0.25) is 0 Å². The molecule has 2 fully saturated rings. The molecule has 0 bridgehead atoms. The minimum absolute atomic E-state index is 0.0122. The van der Waals surface area contributed by atoms with Crippen LogP contribution in [0.25, 0.3) is 0 Å². The van der Waals surface area contributed by atoms with E-state index in [9.17, 15) is 4.79 Å². The Bertz CT molecular complexity index is 483. The van der Waals surface area contributed by atoms with Crippen molar-refractivity contribution in [2.45, 2.75) is 64.2 Å². The van der Waals surface area contributed by atoms with Crippen molar-refractivity contribution < 1.29 is 4.79 Å². The molecule has 3 heteroatoms. The summed E-state index contributed by atoms with van der Waals surface area (Å²) in [7, 11) is 0. The molecule has 0 radical (unpaired) electrons. The summed E-state index contributed by atoms with van der Waals surface area (Å²) in [5, 5.41) is 3.56. The number of hydrogen-bond donors (Lipinski definition) is 1. The minimum atomic E-state index is -0.0122. The molecule has 1 saturated heterocycles. The van der Waals surface area contributed by atoms with Crippen LogP contribution in [0.3, 0.4) is 0 Å². The summed E-state index contributed by atoms with van der Waals surface area (Å²) in [5.74, 6) is 1.13. The molecule has 1 aromatic carbocycles. The van der Waals surface area contributed by atoms with Crippen molar-refractivity contribution >= 4 is 5.91 Å². The lowest BCUT2D eigenvalue weighted by Gasteiger charge is -2.30. The van der Waals surface area contributed by atoms with Crippen molar-refractivity contribution in [1.82, 2.24) is 10.2 Å². The Morgan fingerprint density at radius 2 is 2.00 bits per heavy atom. The Morgan fingerprint density at radius 3 is 2.62 bits per heavy atom. The zero-order chi connectivity index (χ0) is 14.8. The molecule has 114 valence electrons. The van der Waals surface area contributed by atoms with E-state index in [0.717, 1.165) is 25.2 Å². The van der Waals surface area contributed by atoms with Gasteiger partial charge >= 0.3 is 0 Å². The van der Waals surface area contributed by atoms with E-state index in [4.69, 9.17) is 0 Å². The molecule has 1 aromatic rings. The Hall–Kier alpha value is -1.35. The van der Waals surface area contributed by atoms with Crippen molar-refractivity contribution in [2.75, 3.05) is 0 Å². The SMILES string of the molecule is CCCC1NC(c2ccccc2)N(C(C)CC2CC2)C1=O. The maximum atomic E-state index is 12.8. The van der Waals surface area contributed by atoms with Gasteiger partial charge in [0.2, 0.25) is 5.91 Å². The van der Waals surface area contributed by atoms with Gasteiger partial charge in [0.15, 0.2) is 0 Å². The molecule has 21 heavy (non-hydrogen) atoms. The summed E-state index contributed by atoms with van der Waals surface area (Å²) < 4.78 is 0. The van der Waals surface area contributed by atoms with E-state index >= 15 is 0 Å². The van der Waals surface area contributed by atoms with E-state index in [0.29, 0.717) is 11.9 Å². The summed E-state index contributed by atoms with van der Waals surface area (Å²) in [6.45, 7) is 4.35. The lowest BCUT2D eigenvalue weighted by atomic mass is 10.1. The largest absolute Gasteiger partial charge is 0.319 e. The lowest BCUT2D eigenvalue weighted by Crippen LogP contribution is -2.38. The third kappa shape index (κ3) is 3.13. The van der Waals surface area contributed by atoms with Gasteiger partial charge in [0.25, 0.3) is 0 Å². The van der Waals surface area contributed by atoms with Crippen LogP contribution in [0.1, 0.15) is 57.7 Å². The molecule has 1 saturated carbocycles. The predicted molar refractivity (Wildman–Crippen MR) is 84.7 cm³/mol. The van der Waals surface area contributed by atoms with Crippen LogP contribution >= 0.6 is 0 Å². The fourth-order valence-electron chi connectivity index (χ4n) is 3.46. The van der Waals surface area contributed by atoms with Gasteiger partial charge < -0.3 is 4.90 Å². The van der Waals surface area contributed by atoms with Gasteiger partial charge in [-0.05, 0) is 31.2 Å². The highest BCUT2D eigenvalue weighted by Crippen LogP contribution is 2.37. The van der Waals surface area contributed by atoms with Crippen LogP contribution < -0.4 is 5.32 Å². The molecule has 0 aromatic heterocycles. The normalized spacial score (nSPS) is 27.1. The summed E-state index contributed by atoms with van der Waals surface area (Å²) in [6.07, 6.45) is 5.84. The Morgan fingerprint density at radius 1 is 1.29 bits per heavy atom. The van der Waals surface area contributed by atoms with Crippen molar-refractivity contribution in [2.24, 2.45) is 5.92 Å². The molecule has 1 amide bonds. The maximum absolute atomic E-state index is 12.8. The highest BCUT2D eigenvalue weighted by atomic mass is 16.2. The van der Waals surface area contributed by atoms with Crippen LogP contribution in [0.4, 0.5) is 0 Å². The smallest absolute Gasteiger partial charge is 0.241 e. The van der Waals surface area contributed by atoms with Crippen molar-refractivity contribution in [3.63, 3.8) is 0 Å². The number of benzene rings is 1. The third-order valence-corrected chi connectivity index (χ3v) is 4.73. The first kappa shape index (κ1) is 14.6. The second kappa shape index (κ2) is 6.18. The zero-order valence-corrected chi connectivity index (χ0v) is 13.1. The van der Waals surface area contributed by atoms with E-state index in [1.54, 1.807) is 0 Å². The monoisotopic (exact) mass is 286 g/mol. The van der Waals surface area contributed by atoms with Gasteiger partial charge in [-0.2, -0.15) is 0 Å². The fourth-order valence-corrected chi connectivity index (χ4v) is 3.46. The second-order valence-electron chi connectivity index (χ2n) is 6.59. The van der Waals surface area contributed by atoms with E-state index in [-0.39, 0.29) is 12.2 Å². The molecule has 1 heterocycles. The van der Waals surface area contributed by atoms with Gasteiger partial charge in [-0.25, -0.2) is 0 Å². The number of nitrogens with one attached hydrogen (secondary N) is 1. The minimum Gasteiger partial charge on any atom is -0.319 e. The highest BCUT2D eigenvalue weighted by molar-refractivity contribution is 5.84. The molecular formula is C18H26N2O. The second-order valence-corrected chi connectivity index (χ2v) is 6.59. The summed E-state index contributed by atoms with van der Waals surface area (Å²) >= 11 is 0. The van der Waals surface area contributed by atoms with Gasteiger partial charge in [0.05, 0.1) is 6.04 Å². The topological polar surface area (TPSA) is 32.3 Å². The number of amides is 1. The molecule has 1 aliphatic carbocycles. The van der Waals surface area contributed by atoms with Gasteiger partial charge in [-0.15, -0.1) is 0 Å². The quantitative estimate of drug-likeness (QED) is 0.868. The Labute approximate surface area is 127 Å². The van der Waals surface area contributed by atoms with Crippen LogP contribution in [0.15, 0.2) is 30.3 Å². The predicted octanol–water partition coefficient (Wildman–Crippen LogP) is 3.47. The maximum Gasteiger partial charge on any atom is 0.241 e. The van der Waals surface area contributed by atoms with E-state index in [2.05, 4.69) is 48.3 Å². The molecule has 1 aliphatic heterocycles. The average molecular weight is 286 g/mol. The summed E-state index contributed by atoms with van der Waals surface area (Å²) in [4.78, 5) is 14.9. The Balaban J connectivity index is 1.81. The van der Waals surface area contributed by atoms with Crippen LogP contribution in [-0.2, 0) is 4.79 Å². The van der Waals surface area contributed by atoms with Crippen LogP contribution in [0.5, 0.6) is 0 Å². The molecule has 3 unspecified atom stereocenters. The van der Waals surface area contributed by atoms with Gasteiger partial charge in [0, 0.05) is 6.04 Å². The number of nitrogens with zero attached hydrogens (tertiary/aromatic N) is 1. The zero-order valence-electron chi connectivity index (χ0n) is 13.1. The average Bonchev–Trinajstić information content (AvgIpc) is 3.24. The first-order chi connectivity index (χ1) is 10.2. The fraction of sp³-hybridized carbons (Fsp3) is 0.611. The summed E-state index contributed by atoms with van der Waals surface area (Å²) in [6, 6.07) is 10.7. The standard InChI is InChI=1S/C18H26N2O/c1-3-7-16-18(21)20(13(2)12-14-10-11-14)17(19-16)15-8-5-4-6-9-15/h4-6,8-9,13-14,16-17,19H,3,7,10-12H2,1-2H3. The molecular weight excluding hydrogens is 260 g/mol.